The highest BCUT2D eigenvalue weighted by atomic mass is 79.9. The standard InChI is InChI=1S/C11H15BrFNO2/c1-16-5-4-14-7-11(15)9-3-2-8(12)6-10(9)13/h2-3,6,11,14-15H,4-5,7H2,1H3. The van der Waals surface area contributed by atoms with E-state index < -0.39 is 11.9 Å². The van der Waals surface area contributed by atoms with Crippen LogP contribution in [0.5, 0.6) is 0 Å². The molecular formula is C11H15BrFNO2. The van der Waals surface area contributed by atoms with E-state index in [1.165, 1.54) is 6.07 Å². The van der Waals surface area contributed by atoms with Crippen LogP contribution < -0.4 is 5.32 Å². The maximum atomic E-state index is 13.4. The first-order valence-electron chi connectivity index (χ1n) is 4.98. The zero-order chi connectivity index (χ0) is 12.0. The van der Waals surface area contributed by atoms with E-state index in [4.69, 9.17) is 4.74 Å². The summed E-state index contributed by atoms with van der Waals surface area (Å²) < 4.78 is 18.9. The number of nitrogens with one attached hydrogen (secondary N) is 1. The van der Waals surface area contributed by atoms with Crippen LogP contribution >= 0.6 is 15.9 Å². The number of aliphatic hydroxyl groups is 1. The van der Waals surface area contributed by atoms with Crippen molar-refractivity contribution in [1.29, 1.82) is 0 Å². The van der Waals surface area contributed by atoms with Crippen molar-refractivity contribution < 1.29 is 14.2 Å². The molecule has 0 aliphatic carbocycles. The van der Waals surface area contributed by atoms with Crippen LogP contribution in [0.15, 0.2) is 22.7 Å². The fourth-order valence-electron chi connectivity index (χ4n) is 1.29. The summed E-state index contributed by atoms with van der Waals surface area (Å²) in [6.07, 6.45) is -0.843. The molecule has 2 N–H and O–H groups in total. The number of hydrogen-bond acceptors (Lipinski definition) is 3. The van der Waals surface area contributed by atoms with E-state index >= 15 is 0 Å². The van der Waals surface area contributed by atoms with Crippen LogP contribution in [0.2, 0.25) is 0 Å². The largest absolute Gasteiger partial charge is 0.387 e. The van der Waals surface area contributed by atoms with Gasteiger partial charge in [0.25, 0.3) is 0 Å². The molecule has 3 nitrogen and oxygen atoms in total. The van der Waals surface area contributed by atoms with Crippen LogP contribution in [0.4, 0.5) is 4.39 Å². The van der Waals surface area contributed by atoms with Gasteiger partial charge in [0.15, 0.2) is 0 Å². The molecule has 16 heavy (non-hydrogen) atoms. The van der Waals surface area contributed by atoms with Gasteiger partial charge in [-0.3, -0.25) is 0 Å². The number of benzene rings is 1. The summed E-state index contributed by atoms with van der Waals surface area (Å²) in [6, 6.07) is 4.62. The zero-order valence-electron chi connectivity index (χ0n) is 9.04. The van der Waals surface area contributed by atoms with Crippen LogP contribution in [0.25, 0.3) is 0 Å². The predicted molar refractivity (Wildman–Crippen MR) is 63.8 cm³/mol. The van der Waals surface area contributed by atoms with Gasteiger partial charge in [-0.25, -0.2) is 4.39 Å². The Hall–Kier alpha value is -0.490. The summed E-state index contributed by atoms with van der Waals surface area (Å²) in [4.78, 5) is 0. The molecule has 0 aliphatic heterocycles. The normalized spacial score (nSPS) is 12.8. The Bertz CT molecular complexity index is 336. The Kier molecular flexibility index (Phi) is 5.90. The van der Waals surface area contributed by atoms with E-state index in [0.717, 1.165) is 0 Å². The first-order valence-corrected chi connectivity index (χ1v) is 5.77. The SMILES string of the molecule is COCCNCC(O)c1ccc(Br)cc1F. The van der Waals surface area contributed by atoms with Crippen LogP contribution in [0, 0.1) is 5.82 Å². The van der Waals surface area contributed by atoms with E-state index in [1.54, 1.807) is 19.2 Å². The predicted octanol–water partition coefficient (Wildman–Crippen LogP) is 1.86. The highest BCUT2D eigenvalue weighted by molar-refractivity contribution is 9.10. The third kappa shape index (κ3) is 4.17. The van der Waals surface area contributed by atoms with Crippen molar-refractivity contribution in [2.45, 2.75) is 6.10 Å². The molecule has 0 fully saturated rings. The lowest BCUT2D eigenvalue weighted by Crippen LogP contribution is -2.25. The summed E-state index contributed by atoms with van der Waals surface area (Å²) >= 11 is 3.16. The highest BCUT2D eigenvalue weighted by Gasteiger charge is 2.12. The number of ether oxygens (including phenoxy) is 1. The van der Waals surface area contributed by atoms with Crippen molar-refractivity contribution in [3.8, 4) is 0 Å². The van der Waals surface area contributed by atoms with Gasteiger partial charge in [-0.2, -0.15) is 0 Å². The van der Waals surface area contributed by atoms with Crippen molar-refractivity contribution >= 4 is 15.9 Å². The third-order valence-electron chi connectivity index (χ3n) is 2.14. The lowest BCUT2D eigenvalue weighted by Gasteiger charge is -2.13. The molecule has 0 saturated carbocycles. The van der Waals surface area contributed by atoms with Gasteiger partial charge in [0.1, 0.15) is 5.82 Å². The van der Waals surface area contributed by atoms with Gasteiger partial charge in [-0.1, -0.05) is 22.0 Å². The Morgan fingerprint density at radius 1 is 1.56 bits per heavy atom. The number of rotatable bonds is 6. The van der Waals surface area contributed by atoms with Crippen molar-refractivity contribution in [1.82, 2.24) is 5.32 Å². The molecule has 1 rings (SSSR count). The maximum absolute atomic E-state index is 13.4. The highest BCUT2D eigenvalue weighted by Crippen LogP contribution is 2.20. The lowest BCUT2D eigenvalue weighted by atomic mass is 10.1. The van der Waals surface area contributed by atoms with Gasteiger partial charge < -0.3 is 15.2 Å². The molecular weight excluding hydrogens is 277 g/mol. The summed E-state index contributed by atoms with van der Waals surface area (Å²) in [5.74, 6) is -0.407. The Balaban J connectivity index is 2.49. The average Bonchev–Trinajstić information content (AvgIpc) is 2.24. The van der Waals surface area contributed by atoms with Gasteiger partial charge in [0.05, 0.1) is 12.7 Å². The first kappa shape index (κ1) is 13.6. The number of hydrogen-bond donors (Lipinski definition) is 2. The van der Waals surface area contributed by atoms with E-state index in [9.17, 15) is 9.50 Å². The molecule has 1 unspecified atom stereocenters. The molecule has 90 valence electrons. The quantitative estimate of drug-likeness (QED) is 0.786. The van der Waals surface area contributed by atoms with Crippen molar-refractivity contribution in [2.75, 3.05) is 26.8 Å². The molecule has 0 saturated heterocycles. The molecule has 5 heteroatoms. The van der Waals surface area contributed by atoms with Crippen LogP contribution in [-0.2, 0) is 4.74 Å². The van der Waals surface area contributed by atoms with Crippen LogP contribution in [0.1, 0.15) is 11.7 Å². The smallest absolute Gasteiger partial charge is 0.130 e. The maximum Gasteiger partial charge on any atom is 0.130 e. The third-order valence-corrected chi connectivity index (χ3v) is 2.64. The molecule has 0 aromatic heterocycles. The molecule has 0 amide bonds. The number of methoxy groups -OCH3 is 1. The van der Waals surface area contributed by atoms with Crippen LogP contribution in [0.3, 0.4) is 0 Å². The van der Waals surface area contributed by atoms with E-state index in [1.807, 2.05) is 0 Å². The molecule has 1 aromatic rings. The monoisotopic (exact) mass is 291 g/mol. The lowest BCUT2D eigenvalue weighted by molar-refractivity contribution is 0.158. The second-order valence-electron chi connectivity index (χ2n) is 3.38. The van der Waals surface area contributed by atoms with E-state index in [-0.39, 0.29) is 0 Å². The topological polar surface area (TPSA) is 41.5 Å². The fourth-order valence-corrected chi connectivity index (χ4v) is 1.63. The molecule has 0 spiro atoms. The van der Waals surface area contributed by atoms with E-state index in [0.29, 0.717) is 29.7 Å². The minimum Gasteiger partial charge on any atom is -0.387 e. The van der Waals surface area contributed by atoms with Gasteiger partial charge in [0, 0.05) is 30.2 Å². The van der Waals surface area contributed by atoms with Crippen molar-refractivity contribution in [3.05, 3.63) is 34.1 Å². The Morgan fingerprint density at radius 3 is 2.94 bits per heavy atom. The zero-order valence-corrected chi connectivity index (χ0v) is 10.6. The minimum atomic E-state index is -0.843. The van der Waals surface area contributed by atoms with Crippen LogP contribution in [-0.4, -0.2) is 31.9 Å². The number of aliphatic hydroxyl groups excluding tert-OH is 1. The van der Waals surface area contributed by atoms with Crippen molar-refractivity contribution in [2.24, 2.45) is 0 Å². The van der Waals surface area contributed by atoms with Gasteiger partial charge in [0.2, 0.25) is 0 Å². The Morgan fingerprint density at radius 2 is 2.31 bits per heavy atom. The summed E-state index contributed by atoms with van der Waals surface area (Å²) in [6.45, 7) is 1.50. The van der Waals surface area contributed by atoms with E-state index in [2.05, 4.69) is 21.2 Å². The molecule has 0 bridgehead atoms. The first-order chi connectivity index (χ1) is 7.65. The van der Waals surface area contributed by atoms with Gasteiger partial charge in [-0.05, 0) is 12.1 Å². The summed E-state index contributed by atoms with van der Waals surface area (Å²) in [7, 11) is 1.60. The second kappa shape index (κ2) is 6.96. The van der Waals surface area contributed by atoms with Crippen molar-refractivity contribution in [3.63, 3.8) is 0 Å². The molecule has 0 radical (unpaired) electrons. The molecule has 1 aromatic carbocycles. The summed E-state index contributed by atoms with van der Waals surface area (Å²) in [5.41, 5.74) is 0.299. The fraction of sp³-hybridized carbons (Fsp3) is 0.455. The second-order valence-corrected chi connectivity index (χ2v) is 4.29. The minimum absolute atomic E-state index is 0.299. The summed E-state index contributed by atoms with van der Waals surface area (Å²) in [5, 5.41) is 12.7. The van der Waals surface area contributed by atoms with Gasteiger partial charge >= 0.3 is 0 Å². The molecule has 0 aliphatic rings. The van der Waals surface area contributed by atoms with Gasteiger partial charge in [-0.15, -0.1) is 0 Å². The Labute approximate surface area is 103 Å². The number of halogens is 2. The average molecular weight is 292 g/mol. The molecule has 1 atom stereocenters. The molecule has 0 heterocycles.